The Morgan fingerprint density at radius 2 is 2.06 bits per heavy atom. The van der Waals surface area contributed by atoms with Crippen molar-refractivity contribution in [2.75, 3.05) is 6.54 Å². The molecule has 3 heteroatoms. The fraction of sp³-hybridized carbons (Fsp3) is 0.769. The molecule has 1 aliphatic rings. The molecule has 1 unspecified atom stereocenters. The molecular formula is C13H24N2O. The Labute approximate surface area is 98.5 Å². The molecule has 1 aliphatic carbocycles. The zero-order valence-corrected chi connectivity index (χ0v) is 10.1. The normalized spacial score (nSPS) is 19.7. The predicted molar refractivity (Wildman–Crippen MR) is 67.1 cm³/mol. The number of nitrogens with two attached hydrogens (primary N) is 1. The molecule has 0 heterocycles. The number of amides is 1. The summed E-state index contributed by atoms with van der Waals surface area (Å²) >= 11 is 0. The average Bonchev–Trinajstić information content (AvgIpc) is 2.30. The van der Waals surface area contributed by atoms with Gasteiger partial charge in [-0.1, -0.05) is 25.0 Å². The summed E-state index contributed by atoms with van der Waals surface area (Å²) in [5.41, 5.74) is 5.41. The van der Waals surface area contributed by atoms with Crippen molar-refractivity contribution in [1.29, 1.82) is 0 Å². The van der Waals surface area contributed by atoms with Crippen molar-refractivity contribution in [2.45, 2.75) is 57.4 Å². The molecule has 3 N–H and O–H groups in total. The molecule has 92 valence electrons. The van der Waals surface area contributed by atoms with Gasteiger partial charge in [-0.05, 0) is 38.6 Å². The van der Waals surface area contributed by atoms with Crippen LogP contribution < -0.4 is 11.1 Å². The van der Waals surface area contributed by atoms with Crippen molar-refractivity contribution in [1.82, 2.24) is 5.32 Å². The van der Waals surface area contributed by atoms with Crippen molar-refractivity contribution in [3.63, 3.8) is 0 Å². The maximum atomic E-state index is 11.6. The van der Waals surface area contributed by atoms with Gasteiger partial charge in [-0.2, -0.15) is 0 Å². The number of hydrogen-bond acceptors (Lipinski definition) is 2. The van der Waals surface area contributed by atoms with Crippen LogP contribution in [0.4, 0.5) is 0 Å². The number of allylic oxidation sites excluding steroid dienone is 1. The number of carbonyl (C=O) groups excluding carboxylic acids is 1. The van der Waals surface area contributed by atoms with Crippen LogP contribution in [-0.2, 0) is 4.79 Å². The zero-order valence-electron chi connectivity index (χ0n) is 10.1. The van der Waals surface area contributed by atoms with Crippen LogP contribution in [-0.4, -0.2) is 18.5 Å². The summed E-state index contributed by atoms with van der Waals surface area (Å²) < 4.78 is 0. The first kappa shape index (κ1) is 13.2. The highest BCUT2D eigenvalue weighted by molar-refractivity contribution is 5.76. The molecule has 1 amide bonds. The van der Waals surface area contributed by atoms with Crippen LogP contribution in [0.2, 0.25) is 0 Å². The molecule has 0 aromatic rings. The van der Waals surface area contributed by atoms with E-state index in [1.54, 1.807) is 0 Å². The quantitative estimate of drug-likeness (QED) is 0.514. The number of carbonyl (C=O) groups is 1. The van der Waals surface area contributed by atoms with Gasteiger partial charge >= 0.3 is 0 Å². The van der Waals surface area contributed by atoms with E-state index in [0.29, 0.717) is 12.5 Å². The third-order valence-corrected chi connectivity index (χ3v) is 2.99. The maximum Gasteiger partial charge on any atom is 0.220 e. The fourth-order valence-corrected chi connectivity index (χ4v) is 2.01. The molecule has 16 heavy (non-hydrogen) atoms. The van der Waals surface area contributed by atoms with Crippen LogP contribution in [0.1, 0.15) is 51.4 Å². The number of hydrogen-bond donors (Lipinski definition) is 2. The predicted octanol–water partition coefficient (Wildman–Crippen LogP) is 2.12. The minimum atomic E-state index is 0.216. The third kappa shape index (κ3) is 5.91. The highest BCUT2D eigenvalue weighted by atomic mass is 16.1. The molecule has 0 bridgehead atoms. The second-order valence-corrected chi connectivity index (χ2v) is 4.50. The van der Waals surface area contributed by atoms with Gasteiger partial charge in [0.05, 0.1) is 0 Å². The van der Waals surface area contributed by atoms with Gasteiger partial charge in [-0.3, -0.25) is 4.79 Å². The highest BCUT2D eigenvalue weighted by Crippen LogP contribution is 2.11. The molecule has 1 atom stereocenters. The lowest BCUT2D eigenvalue weighted by Crippen LogP contribution is -2.35. The SMILES string of the molecule is NCCCCCCC(=O)NC1CC=CCC1. The van der Waals surface area contributed by atoms with Crippen molar-refractivity contribution >= 4 is 5.91 Å². The van der Waals surface area contributed by atoms with Crippen LogP contribution in [0, 0.1) is 0 Å². The largest absolute Gasteiger partial charge is 0.353 e. The molecule has 0 saturated carbocycles. The van der Waals surface area contributed by atoms with E-state index in [-0.39, 0.29) is 5.91 Å². The van der Waals surface area contributed by atoms with Gasteiger partial charge in [-0.15, -0.1) is 0 Å². The summed E-state index contributed by atoms with van der Waals surface area (Å²) in [6, 6.07) is 0.376. The fourth-order valence-electron chi connectivity index (χ4n) is 2.01. The molecule has 0 fully saturated rings. The first-order valence-electron chi connectivity index (χ1n) is 6.47. The molecule has 1 rings (SSSR count). The van der Waals surface area contributed by atoms with Crippen molar-refractivity contribution < 1.29 is 4.79 Å². The van der Waals surface area contributed by atoms with E-state index in [9.17, 15) is 4.79 Å². The van der Waals surface area contributed by atoms with Gasteiger partial charge in [0.15, 0.2) is 0 Å². The Morgan fingerprint density at radius 1 is 1.25 bits per heavy atom. The van der Waals surface area contributed by atoms with E-state index < -0.39 is 0 Å². The lowest BCUT2D eigenvalue weighted by Gasteiger charge is -2.19. The number of rotatable bonds is 7. The van der Waals surface area contributed by atoms with E-state index in [0.717, 1.165) is 51.5 Å². The molecule has 0 spiro atoms. The molecular weight excluding hydrogens is 200 g/mol. The molecule has 0 radical (unpaired) electrons. The van der Waals surface area contributed by atoms with E-state index in [2.05, 4.69) is 17.5 Å². The van der Waals surface area contributed by atoms with Crippen LogP contribution >= 0.6 is 0 Å². The monoisotopic (exact) mass is 224 g/mol. The summed E-state index contributed by atoms with van der Waals surface area (Å²) in [5, 5.41) is 3.09. The van der Waals surface area contributed by atoms with Crippen LogP contribution in [0.3, 0.4) is 0 Å². The third-order valence-electron chi connectivity index (χ3n) is 2.99. The van der Waals surface area contributed by atoms with Crippen molar-refractivity contribution in [3.05, 3.63) is 12.2 Å². The van der Waals surface area contributed by atoms with E-state index in [1.807, 2.05) is 0 Å². The highest BCUT2D eigenvalue weighted by Gasteiger charge is 2.11. The topological polar surface area (TPSA) is 55.1 Å². The van der Waals surface area contributed by atoms with Gasteiger partial charge in [0, 0.05) is 12.5 Å². The van der Waals surface area contributed by atoms with Gasteiger partial charge < -0.3 is 11.1 Å². The first-order chi connectivity index (χ1) is 7.83. The number of unbranched alkanes of at least 4 members (excludes halogenated alkanes) is 3. The van der Waals surface area contributed by atoms with Crippen LogP contribution in [0.5, 0.6) is 0 Å². The molecule has 0 aromatic carbocycles. The molecule has 0 aliphatic heterocycles. The summed E-state index contributed by atoms with van der Waals surface area (Å²) in [5.74, 6) is 0.216. The first-order valence-corrected chi connectivity index (χ1v) is 6.47. The smallest absolute Gasteiger partial charge is 0.220 e. The average molecular weight is 224 g/mol. The summed E-state index contributed by atoms with van der Waals surface area (Å²) in [7, 11) is 0. The Morgan fingerprint density at radius 3 is 2.75 bits per heavy atom. The van der Waals surface area contributed by atoms with Gasteiger partial charge in [0.2, 0.25) is 5.91 Å². The van der Waals surface area contributed by atoms with Gasteiger partial charge in [-0.25, -0.2) is 0 Å². The Bertz CT molecular complexity index is 226. The van der Waals surface area contributed by atoms with E-state index in [4.69, 9.17) is 5.73 Å². The van der Waals surface area contributed by atoms with Gasteiger partial charge in [0.25, 0.3) is 0 Å². The lowest BCUT2D eigenvalue weighted by atomic mass is 10.0. The molecule has 3 nitrogen and oxygen atoms in total. The Balaban J connectivity index is 2.00. The van der Waals surface area contributed by atoms with Gasteiger partial charge in [0.1, 0.15) is 0 Å². The summed E-state index contributed by atoms with van der Waals surface area (Å²) in [4.78, 5) is 11.6. The van der Waals surface area contributed by atoms with E-state index >= 15 is 0 Å². The Kier molecular flexibility index (Phi) is 6.90. The van der Waals surface area contributed by atoms with Crippen LogP contribution in [0.25, 0.3) is 0 Å². The molecule has 0 aromatic heterocycles. The minimum Gasteiger partial charge on any atom is -0.353 e. The second kappa shape index (κ2) is 8.34. The number of nitrogens with one attached hydrogen (secondary N) is 1. The zero-order chi connectivity index (χ0) is 11.6. The maximum absolute atomic E-state index is 11.6. The van der Waals surface area contributed by atoms with Crippen molar-refractivity contribution in [3.8, 4) is 0 Å². The van der Waals surface area contributed by atoms with Crippen LogP contribution in [0.15, 0.2) is 12.2 Å². The summed E-state index contributed by atoms with van der Waals surface area (Å²) in [6.07, 6.45) is 12.6. The second-order valence-electron chi connectivity index (χ2n) is 4.50. The lowest BCUT2D eigenvalue weighted by molar-refractivity contribution is -0.121. The minimum absolute atomic E-state index is 0.216. The standard InChI is InChI=1S/C13H24N2O/c14-11-7-2-1-6-10-13(16)15-12-8-4-3-5-9-12/h3-4,12H,1-2,5-11,14H2,(H,15,16). The Hall–Kier alpha value is -0.830. The van der Waals surface area contributed by atoms with Crippen molar-refractivity contribution in [2.24, 2.45) is 5.73 Å². The summed E-state index contributed by atoms with van der Waals surface area (Å²) in [6.45, 7) is 0.764. The van der Waals surface area contributed by atoms with E-state index in [1.165, 1.54) is 0 Å². The molecule has 0 saturated heterocycles.